The topological polar surface area (TPSA) is 41.1 Å². The van der Waals surface area contributed by atoms with Crippen LogP contribution in [-0.4, -0.2) is 32.9 Å². The standard InChI is InChI=1S/C12H15BN2O/c13-11-4-2-1-3-10(11)12(16)15-9-5-7-14-8-6-9/h1-4,9,14H,5-8H2,(H,15,16). The zero-order valence-electron chi connectivity index (χ0n) is 9.20. The maximum atomic E-state index is 11.9. The Bertz CT molecular complexity index is 375. The zero-order valence-corrected chi connectivity index (χ0v) is 9.20. The first-order valence-corrected chi connectivity index (χ1v) is 5.63. The van der Waals surface area contributed by atoms with Crippen LogP contribution in [0.1, 0.15) is 23.2 Å². The van der Waals surface area contributed by atoms with Crippen molar-refractivity contribution < 1.29 is 4.79 Å². The van der Waals surface area contributed by atoms with Gasteiger partial charge >= 0.3 is 0 Å². The van der Waals surface area contributed by atoms with E-state index in [2.05, 4.69) is 10.6 Å². The number of rotatable bonds is 2. The van der Waals surface area contributed by atoms with Gasteiger partial charge in [0, 0.05) is 11.6 Å². The molecule has 0 unspecified atom stereocenters. The van der Waals surface area contributed by atoms with Gasteiger partial charge in [0.1, 0.15) is 7.85 Å². The van der Waals surface area contributed by atoms with E-state index >= 15 is 0 Å². The molecule has 2 rings (SSSR count). The van der Waals surface area contributed by atoms with Crippen LogP contribution in [-0.2, 0) is 0 Å². The van der Waals surface area contributed by atoms with Crippen molar-refractivity contribution in [2.24, 2.45) is 0 Å². The molecule has 16 heavy (non-hydrogen) atoms. The van der Waals surface area contributed by atoms with Gasteiger partial charge in [-0.15, -0.1) is 0 Å². The molecule has 1 aliphatic heterocycles. The zero-order chi connectivity index (χ0) is 11.4. The molecule has 4 heteroatoms. The molecule has 1 aromatic carbocycles. The van der Waals surface area contributed by atoms with Gasteiger partial charge in [0.2, 0.25) is 0 Å². The lowest BCUT2D eigenvalue weighted by atomic mass is 9.90. The van der Waals surface area contributed by atoms with Crippen molar-refractivity contribution in [1.29, 1.82) is 0 Å². The first-order chi connectivity index (χ1) is 7.77. The number of hydrogen-bond acceptors (Lipinski definition) is 2. The van der Waals surface area contributed by atoms with E-state index in [4.69, 9.17) is 7.85 Å². The van der Waals surface area contributed by atoms with Crippen LogP contribution in [0.2, 0.25) is 0 Å². The van der Waals surface area contributed by atoms with Gasteiger partial charge in [-0.05, 0) is 25.9 Å². The van der Waals surface area contributed by atoms with Crippen LogP contribution in [0.25, 0.3) is 0 Å². The lowest BCUT2D eigenvalue weighted by Gasteiger charge is -2.24. The molecule has 0 spiro atoms. The van der Waals surface area contributed by atoms with E-state index in [-0.39, 0.29) is 11.9 Å². The fourth-order valence-electron chi connectivity index (χ4n) is 1.93. The average molecular weight is 214 g/mol. The Labute approximate surface area is 97.0 Å². The van der Waals surface area contributed by atoms with E-state index in [1.807, 2.05) is 12.1 Å². The molecular weight excluding hydrogens is 199 g/mol. The molecule has 2 radical (unpaired) electrons. The lowest BCUT2D eigenvalue weighted by molar-refractivity contribution is 0.0931. The molecule has 0 atom stereocenters. The Morgan fingerprint density at radius 2 is 2.00 bits per heavy atom. The normalized spacial score (nSPS) is 17.0. The Morgan fingerprint density at radius 3 is 2.69 bits per heavy atom. The quantitative estimate of drug-likeness (QED) is 0.678. The van der Waals surface area contributed by atoms with Gasteiger partial charge in [0.25, 0.3) is 5.91 Å². The molecule has 1 saturated heterocycles. The summed E-state index contributed by atoms with van der Waals surface area (Å²) < 4.78 is 0. The van der Waals surface area contributed by atoms with E-state index in [9.17, 15) is 4.79 Å². The van der Waals surface area contributed by atoms with Gasteiger partial charge < -0.3 is 10.6 Å². The Balaban J connectivity index is 2.00. The summed E-state index contributed by atoms with van der Waals surface area (Å²) in [5.74, 6) is -0.0648. The second-order valence-electron chi connectivity index (χ2n) is 4.08. The molecular formula is C12H15BN2O. The van der Waals surface area contributed by atoms with Gasteiger partial charge in [-0.25, -0.2) is 0 Å². The average Bonchev–Trinajstić information content (AvgIpc) is 2.31. The predicted octanol–water partition coefficient (Wildman–Crippen LogP) is -0.0378. The van der Waals surface area contributed by atoms with Gasteiger partial charge in [0.15, 0.2) is 0 Å². The highest BCUT2D eigenvalue weighted by atomic mass is 16.1. The van der Waals surface area contributed by atoms with Crippen LogP contribution in [0.15, 0.2) is 24.3 Å². The van der Waals surface area contributed by atoms with Crippen molar-refractivity contribution in [3.8, 4) is 0 Å². The Morgan fingerprint density at radius 1 is 1.31 bits per heavy atom. The van der Waals surface area contributed by atoms with Gasteiger partial charge in [0.05, 0.1) is 0 Å². The molecule has 0 aliphatic carbocycles. The van der Waals surface area contributed by atoms with Crippen LogP contribution in [0.5, 0.6) is 0 Å². The second kappa shape index (κ2) is 5.17. The van der Waals surface area contributed by atoms with Crippen LogP contribution >= 0.6 is 0 Å². The number of hydrogen-bond donors (Lipinski definition) is 2. The smallest absolute Gasteiger partial charge is 0.250 e. The molecule has 1 aromatic rings. The summed E-state index contributed by atoms with van der Waals surface area (Å²) >= 11 is 0. The van der Waals surface area contributed by atoms with Gasteiger partial charge in [-0.2, -0.15) is 0 Å². The van der Waals surface area contributed by atoms with E-state index in [0.717, 1.165) is 25.9 Å². The summed E-state index contributed by atoms with van der Waals surface area (Å²) in [6, 6.07) is 7.43. The molecule has 82 valence electrons. The van der Waals surface area contributed by atoms with Gasteiger partial charge in [-0.3, -0.25) is 4.79 Å². The molecule has 1 fully saturated rings. The van der Waals surface area contributed by atoms with Crippen molar-refractivity contribution in [3.05, 3.63) is 29.8 Å². The summed E-state index contributed by atoms with van der Waals surface area (Å²) in [5, 5.41) is 6.28. The predicted molar refractivity (Wildman–Crippen MR) is 65.2 cm³/mol. The van der Waals surface area contributed by atoms with Crippen LogP contribution in [0.4, 0.5) is 0 Å². The number of piperidine rings is 1. The van der Waals surface area contributed by atoms with Gasteiger partial charge in [-0.1, -0.05) is 29.7 Å². The van der Waals surface area contributed by atoms with Crippen LogP contribution in [0.3, 0.4) is 0 Å². The van der Waals surface area contributed by atoms with Crippen molar-refractivity contribution >= 4 is 19.2 Å². The van der Waals surface area contributed by atoms with Crippen LogP contribution < -0.4 is 16.1 Å². The highest BCUT2D eigenvalue weighted by molar-refractivity contribution is 6.36. The third kappa shape index (κ3) is 2.64. The molecule has 3 nitrogen and oxygen atoms in total. The van der Waals surface area contributed by atoms with Crippen molar-refractivity contribution in [1.82, 2.24) is 10.6 Å². The largest absolute Gasteiger partial charge is 0.349 e. The maximum absolute atomic E-state index is 11.9. The second-order valence-corrected chi connectivity index (χ2v) is 4.08. The van der Waals surface area contributed by atoms with Crippen molar-refractivity contribution in [3.63, 3.8) is 0 Å². The van der Waals surface area contributed by atoms with Crippen LogP contribution in [0, 0.1) is 0 Å². The minimum atomic E-state index is -0.0648. The number of benzene rings is 1. The SMILES string of the molecule is [B]c1ccccc1C(=O)NC1CCNCC1. The molecule has 0 bridgehead atoms. The fourth-order valence-corrected chi connectivity index (χ4v) is 1.93. The molecule has 1 heterocycles. The van der Waals surface area contributed by atoms with E-state index in [1.165, 1.54) is 0 Å². The Kier molecular flexibility index (Phi) is 3.62. The third-order valence-corrected chi connectivity index (χ3v) is 2.88. The Hall–Kier alpha value is -1.29. The lowest BCUT2D eigenvalue weighted by Crippen LogP contribution is -2.43. The molecule has 2 N–H and O–H groups in total. The molecule has 1 aliphatic rings. The summed E-state index contributed by atoms with van der Waals surface area (Å²) in [4.78, 5) is 11.9. The van der Waals surface area contributed by atoms with E-state index < -0.39 is 0 Å². The molecule has 0 aromatic heterocycles. The molecule has 1 amide bonds. The van der Waals surface area contributed by atoms with Crippen molar-refractivity contribution in [2.75, 3.05) is 13.1 Å². The summed E-state index contributed by atoms with van der Waals surface area (Å²) in [6.07, 6.45) is 1.97. The van der Waals surface area contributed by atoms with E-state index in [0.29, 0.717) is 11.0 Å². The summed E-state index contributed by atoms with van der Waals surface area (Å²) in [5.41, 5.74) is 1.11. The summed E-state index contributed by atoms with van der Waals surface area (Å²) in [7, 11) is 5.75. The minimum absolute atomic E-state index is 0.0648. The van der Waals surface area contributed by atoms with Crippen molar-refractivity contribution in [2.45, 2.75) is 18.9 Å². The minimum Gasteiger partial charge on any atom is -0.349 e. The number of carbonyl (C=O) groups excluding carboxylic acids is 1. The molecule has 0 saturated carbocycles. The number of amides is 1. The number of nitrogens with one attached hydrogen (secondary N) is 2. The first kappa shape index (κ1) is 11.2. The maximum Gasteiger partial charge on any atom is 0.250 e. The third-order valence-electron chi connectivity index (χ3n) is 2.88. The fraction of sp³-hybridized carbons (Fsp3) is 0.417. The monoisotopic (exact) mass is 214 g/mol. The first-order valence-electron chi connectivity index (χ1n) is 5.63. The highest BCUT2D eigenvalue weighted by Gasteiger charge is 2.16. The van der Waals surface area contributed by atoms with E-state index in [1.54, 1.807) is 12.1 Å². The highest BCUT2D eigenvalue weighted by Crippen LogP contribution is 2.03. The summed E-state index contributed by atoms with van der Waals surface area (Å²) in [6.45, 7) is 1.93. The number of carbonyl (C=O) groups is 1.